The highest BCUT2D eigenvalue weighted by Gasteiger charge is 2.01. The number of carboxylic acids is 1. The van der Waals surface area contributed by atoms with Gasteiger partial charge >= 0.3 is 5.97 Å². The molecule has 3 nitrogen and oxygen atoms in total. The molecule has 0 bridgehead atoms. The van der Waals surface area contributed by atoms with E-state index in [1.165, 1.54) is 5.57 Å². The molecule has 0 aliphatic carbocycles. The molecule has 2 aromatic rings. The molecule has 3 heteroatoms. The van der Waals surface area contributed by atoms with Gasteiger partial charge < -0.3 is 9.84 Å². The molecule has 0 saturated heterocycles. The second-order valence-corrected chi connectivity index (χ2v) is 6.26. The lowest BCUT2D eigenvalue weighted by Gasteiger charge is -2.06. The van der Waals surface area contributed by atoms with Crippen molar-refractivity contribution in [3.63, 3.8) is 0 Å². The lowest BCUT2D eigenvalue weighted by Crippen LogP contribution is -1.99. The Hall–Kier alpha value is -2.81. The number of allylic oxidation sites excluding steroid dienone is 2. The monoisotopic (exact) mass is 336 g/mol. The van der Waals surface area contributed by atoms with E-state index in [-0.39, 0.29) is 6.42 Å². The predicted octanol–water partition coefficient (Wildman–Crippen LogP) is 5.22. The largest absolute Gasteiger partial charge is 0.490 e. The average molecular weight is 336 g/mol. The molecule has 0 fully saturated rings. The van der Waals surface area contributed by atoms with Gasteiger partial charge in [-0.05, 0) is 61.2 Å². The van der Waals surface area contributed by atoms with Crippen molar-refractivity contribution < 1.29 is 14.6 Å². The second kappa shape index (κ2) is 8.88. The van der Waals surface area contributed by atoms with Crippen LogP contribution >= 0.6 is 0 Å². The first-order valence-corrected chi connectivity index (χ1v) is 8.29. The Labute approximate surface area is 149 Å². The van der Waals surface area contributed by atoms with Crippen LogP contribution < -0.4 is 4.74 Å². The van der Waals surface area contributed by atoms with Gasteiger partial charge in [-0.2, -0.15) is 0 Å². The maximum Gasteiger partial charge on any atom is 0.307 e. The van der Waals surface area contributed by atoms with Gasteiger partial charge in [0.05, 0.1) is 6.42 Å². The summed E-state index contributed by atoms with van der Waals surface area (Å²) in [7, 11) is 0. The van der Waals surface area contributed by atoms with Crippen molar-refractivity contribution in [2.24, 2.45) is 0 Å². The van der Waals surface area contributed by atoms with E-state index in [1.54, 1.807) is 0 Å². The van der Waals surface area contributed by atoms with Gasteiger partial charge in [-0.25, -0.2) is 0 Å². The molecule has 0 heterocycles. The Bertz CT molecular complexity index is 762. The van der Waals surface area contributed by atoms with Crippen LogP contribution in [0.25, 0.3) is 11.6 Å². The maximum atomic E-state index is 10.7. The zero-order chi connectivity index (χ0) is 18.2. The number of hydrogen-bond acceptors (Lipinski definition) is 2. The first-order chi connectivity index (χ1) is 11.9. The summed E-state index contributed by atoms with van der Waals surface area (Å²) in [5, 5.41) is 8.81. The molecular formula is C22H24O3. The van der Waals surface area contributed by atoms with Crippen LogP contribution in [0.4, 0.5) is 0 Å². The standard InChI is InChI=1S/C22H24O3/c1-16(2)12-13-25-21-10-8-20(9-11-21)17(3)14-18-4-6-19(7-5-18)15-22(23)24/h4-12,14H,13,15H2,1-3H3,(H,23,24). The fraction of sp³-hybridized carbons (Fsp3) is 0.227. The number of ether oxygens (including phenoxy) is 1. The minimum atomic E-state index is -0.814. The normalized spacial score (nSPS) is 11.1. The lowest BCUT2D eigenvalue weighted by atomic mass is 10.0. The van der Waals surface area contributed by atoms with Crippen LogP contribution in [-0.2, 0) is 11.2 Å². The summed E-state index contributed by atoms with van der Waals surface area (Å²) < 4.78 is 5.67. The Balaban J connectivity index is 2.03. The Kier molecular flexibility index (Phi) is 6.58. The van der Waals surface area contributed by atoms with Crippen LogP contribution in [0.3, 0.4) is 0 Å². The summed E-state index contributed by atoms with van der Waals surface area (Å²) >= 11 is 0. The van der Waals surface area contributed by atoms with Crippen molar-refractivity contribution in [1.82, 2.24) is 0 Å². The molecule has 0 amide bonds. The first-order valence-electron chi connectivity index (χ1n) is 8.29. The topological polar surface area (TPSA) is 46.5 Å². The zero-order valence-electron chi connectivity index (χ0n) is 15.0. The number of hydrogen-bond donors (Lipinski definition) is 1. The van der Waals surface area contributed by atoms with Gasteiger partial charge in [-0.15, -0.1) is 0 Å². The molecule has 1 N–H and O–H groups in total. The maximum absolute atomic E-state index is 10.7. The van der Waals surface area contributed by atoms with E-state index in [1.807, 2.05) is 54.6 Å². The van der Waals surface area contributed by atoms with Crippen molar-refractivity contribution in [3.8, 4) is 5.75 Å². The van der Waals surface area contributed by atoms with Crippen LogP contribution in [0.15, 0.2) is 60.2 Å². The number of carbonyl (C=O) groups is 1. The van der Waals surface area contributed by atoms with Gasteiger partial charge in [0.1, 0.15) is 12.4 Å². The summed E-state index contributed by atoms with van der Waals surface area (Å²) in [6.07, 6.45) is 4.19. The fourth-order valence-electron chi connectivity index (χ4n) is 2.36. The van der Waals surface area contributed by atoms with E-state index < -0.39 is 5.97 Å². The molecular weight excluding hydrogens is 312 g/mol. The van der Waals surface area contributed by atoms with E-state index in [0.717, 1.165) is 28.0 Å². The van der Waals surface area contributed by atoms with Gasteiger partial charge in [0.15, 0.2) is 0 Å². The van der Waals surface area contributed by atoms with Gasteiger partial charge in [-0.1, -0.05) is 48.0 Å². The lowest BCUT2D eigenvalue weighted by molar-refractivity contribution is -0.136. The summed E-state index contributed by atoms with van der Waals surface area (Å²) in [5.41, 5.74) is 5.37. The molecule has 0 radical (unpaired) electrons. The molecule has 0 aliphatic heterocycles. The summed E-state index contributed by atoms with van der Waals surface area (Å²) in [5.74, 6) is 0.0402. The first kappa shape index (κ1) is 18.5. The molecule has 2 rings (SSSR count). The Morgan fingerprint density at radius 2 is 1.64 bits per heavy atom. The predicted molar refractivity (Wildman–Crippen MR) is 103 cm³/mol. The van der Waals surface area contributed by atoms with E-state index >= 15 is 0 Å². The highest BCUT2D eigenvalue weighted by atomic mass is 16.5. The van der Waals surface area contributed by atoms with Crippen molar-refractivity contribution >= 4 is 17.6 Å². The second-order valence-electron chi connectivity index (χ2n) is 6.26. The van der Waals surface area contributed by atoms with Gasteiger partial charge in [0, 0.05) is 0 Å². The third-order valence-corrected chi connectivity index (χ3v) is 3.77. The number of carboxylic acid groups (broad SMARTS) is 1. The third-order valence-electron chi connectivity index (χ3n) is 3.77. The van der Waals surface area contributed by atoms with Crippen molar-refractivity contribution in [1.29, 1.82) is 0 Å². The quantitative estimate of drug-likeness (QED) is 0.557. The molecule has 25 heavy (non-hydrogen) atoms. The Morgan fingerprint density at radius 3 is 2.20 bits per heavy atom. The molecule has 0 spiro atoms. The highest BCUT2D eigenvalue weighted by Crippen LogP contribution is 2.21. The molecule has 0 saturated carbocycles. The molecule has 2 aromatic carbocycles. The van der Waals surface area contributed by atoms with Crippen LogP contribution in [0.1, 0.15) is 37.5 Å². The number of aliphatic carboxylic acids is 1. The van der Waals surface area contributed by atoms with E-state index in [9.17, 15) is 4.79 Å². The summed E-state index contributed by atoms with van der Waals surface area (Å²) in [4.78, 5) is 10.7. The molecule has 130 valence electrons. The highest BCUT2D eigenvalue weighted by molar-refractivity contribution is 5.80. The number of rotatable bonds is 7. The smallest absolute Gasteiger partial charge is 0.307 e. The molecule has 0 atom stereocenters. The average Bonchev–Trinajstić information content (AvgIpc) is 2.56. The van der Waals surface area contributed by atoms with Gasteiger partial charge in [-0.3, -0.25) is 4.79 Å². The Morgan fingerprint density at radius 1 is 1.00 bits per heavy atom. The zero-order valence-corrected chi connectivity index (χ0v) is 15.0. The van der Waals surface area contributed by atoms with E-state index in [0.29, 0.717) is 6.61 Å². The number of benzene rings is 2. The minimum Gasteiger partial charge on any atom is -0.490 e. The van der Waals surface area contributed by atoms with E-state index in [4.69, 9.17) is 9.84 Å². The minimum absolute atomic E-state index is 0.0528. The van der Waals surface area contributed by atoms with Crippen molar-refractivity contribution in [2.45, 2.75) is 27.2 Å². The van der Waals surface area contributed by atoms with Gasteiger partial charge in [0.25, 0.3) is 0 Å². The van der Waals surface area contributed by atoms with E-state index in [2.05, 4.69) is 26.8 Å². The van der Waals surface area contributed by atoms with Crippen molar-refractivity contribution in [2.75, 3.05) is 6.61 Å². The third kappa shape index (κ3) is 6.30. The van der Waals surface area contributed by atoms with Crippen LogP contribution in [0.2, 0.25) is 0 Å². The van der Waals surface area contributed by atoms with Crippen LogP contribution in [-0.4, -0.2) is 17.7 Å². The summed E-state index contributed by atoms with van der Waals surface area (Å²) in [6, 6.07) is 15.6. The SMILES string of the molecule is CC(C)=CCOc1ccc(C(C)=Cc2ccc(CC(=O)O)cc2)cc1. The van der Waals surface area contributed by atoms with Crippen molar-refractivity contribution in [3.05, 3.63) is 76.9 Å². The van der Waals surface area contributed by atoms with Gasteiger partial charge in [0.2, 0.25) is 0 Å². The molecule has 0 unspecified atom stereocenters. The molecule has 0 aliphatic rings. The van der Waals surface area contributed by atoms with Crippen LogP contribution in [0, 0.1) is 0 Å². The fourth-order valence-corrected chi connectivity index (χ4v) is 2.36. The molecule has 0 aromatic heterocycles. The summed E-state index contributed by atoms with van der Waals surface area (Å²) in [6.45, 7) is 6.74. The van der Waals surface area contributed by atoms with Crippen LogP contribution in [0.5, 0.6) is 5.75 Å².